The first-order valence-electron chi connectivity index (χ1n) is 10.2. The fourth-order valence-corrected chi connectivity index (χ4v) is 4.57. The predicted molar refractivity (Wildman–Crippen MR) is 111 cm³/mol. The van der Waals surface area contributed by atoms with E-state index in [1.165, 1.54) is 21.6 Å². The molecule has 1 atom stereocenters. The van der Waals surface area contributed by atoms with Crippen molar-refractivity contribution < 1.29 is 14.4 Å². The molecule has 0 bridgehead atoms. The first-order chi connectivity index (χ1) is 13.8. The zero-order valence-corrected chi connectivity index (χ0v) is 17.2. The molecule has 2 aliphatic heterocycles. The summed E-state index contributed by atoms with van der Waals surface area (Å²) < 4.78 is 0. The Morgan fingerprint density at radius 1 is 0.931 bits per heavy atom. The molecular formula is C24H26N2O3. The molecule has 0 radical (unpaired) electrons. The van der Waals surface area contributed by atoms with Crippen molar-refractivity contribution in [2.24, 2.45) is 0 Å². The molecule has 5 nitrogen and oxygen atoms in total. The molecule has 4 rings (SSSR count). The van der Waals surface area contributed by atoms with Crippen LogP contribution in [0, 0.1) is 20.8 Å². The quantitative estimate of drug-likeness (QED) is 0.743. The van der Waals surface area contributed by atoms with Crippen molar-refractivity contribution in [2.75, 3.05) is 13.1 Å². The highest BCUT2D eigenvalue weighted by Gasteiger charge is 2.36. The SMILES string of the molecule is Cc1cc(C)cc(C2CCCN2C(=O)CCN2C(=O)c3ccc(C)cc3C2=O)c1. The molecule has 1 fully saturated rings. The van der Waals surface area contributed by atoms with E-state index in [2.05, 4.69) is 32.0 Å². The number of hydrogen-bond donors (Lipinski definition) is 0. The third-order valence-corrected chi connectivity index (χ3v) is 5.88. The normalized spacial score (nSPS) is 18.5. The summed E-state index contributed by atoms with van der Waals surface area (Å²) in [7, 11) is 0. The molecule has 0 aromatic heterocycles. The van der Waals surface area contributed by atoms with E-state index in [-0.39, 0.29) is 36.7 Å². The molecule has 2 aromatic carbocycles. The smallest absolute Gasteiger partial charge is 0.261 e. The highest BCUT2D eigenvalue weighted by molar-refractivity contribution is 6.21. The van der Waals surface area contributed by atoms with Gasteiger partial charge in [-0.25, -0.2) is 0 Å². The van der Waals surface area contributed by atoms with Crippen molar-refractivity contribution in [1.29, 1.82) is 0 Å². The van der Waals surface area contributed by atoms with Crippen molar-refractivity contribution in [1.82, 2.24) is 9.80 Å². The Balaban J connectivity index is 1.46. The van der Waals surface area contributed by atoms with Gasteiger partial charge in [0.25, 0.3) is 11.8 Å². The van der Waals surface area contributed by atoms with Crippen LogP contribution in [0.25, 0.3) is 0 Å². The summed E-state index contributed by atoms with van der Waals surface area (Å²) in [4.78, 5) is 41.3. The van der Waals surface area contributed by atoms with E-state index >= 15 is 0 Å². The van der Waals surface area contributed by atoms with Gasteiger partial charge in [0, 0.05) is 19.5 Å². The Labute approximate surface area is 171 Å². The first-order valence-corrected chi connectivity index (χ1v) is 10.2. The van der Waals surface area contributed by atoms with Crippen molar-refractivity contribution in [3.05, 3.63) is 69.8 Å². The van der Waals surface area contributed by atoms with E-state index < -0.39 is 0 Å². The minimum atomic E-state index is -0.301. The van der Waals surface area contributed by atoms with Crippen molar-refractivity contribution >= 4 is 17.7 Å². The summed E-state index contributed by atoms with van der Waals surface area (Å²) in [5.41, 5.74) is 5.38. The molecule has 0 N–H and O–H groups in total. The van der Waals surface area contributed by atoms with E-state index in [0.29, 0.717) is 11.1 Å². The zero-order valence-electron chi connectivity index (χ0n) is 17.2. The highest BCUT2D eigenvalue weighted by Crippen LogP contribution is 2.33. The number of rotatable bonds is 4. The molecule has 29 heavy (non-hydrogen) atoms. The van der Waals surface area contributed by atoms with E-state index in [4.69, 9.17) is 0 Å². The number of benzene rings is 2. The summed E-state index contributed by atoms with van der Waals surface area (Å²) >= 11 is 0. The Hall–Kier alpha value is -2.95. The fourth-order valence-electron chi connectivity index (χ4n) is 4.57. The largest absolute Gasteiger partial charge is 0.336 e. The van der Waals surface area contributed by atoms with Gasteiger partial charge in [0.05, 0.1) is 17.2 Å². The minimum Gasteiger partial charge on any atom is -0.336 e. The second-order valence-electron chi connectivity index (χ2n) is 8.23. The Bertz CT molecular complexity index is 991. The standard InChI is InChI=1S/C24H26N2O3/c1-15-6-7-19-20(14-15)24(29)26(23(19)28)10-8-22(27)25-9-4-5-21(25)18-12-16(2)11-17(3)13-18/h6-7,11-14,21H,4-5,8-10H2,1-3H3. The third-order valence-electron chi connectivity index (χ3n) is 5.88. The van der Waals surface area contributed by atoms with Crippen LogP contribution in [0.4, 0.5) is 0 Å². The maximum atomic E-state index is 13.0. The molecular weight excluding hydrogens is 364 g/mol. The zero-order chi connectivity index (χ0) is 20.7. The second-order valence-corrected chi connectivity index (χ2v) is 8.23. The summed E-state index contributed by atoms with van der Waals surface area (Å²) in [5, 5.41) is 0. The number of likely N-dealkylation sites (tertiary alicyclic amines) is 1. The first kappa shape index (κ1) is 19.4. The molecule has 0 spiro atoms. The average molecular weight is 390 g/mol. The third kappa shape index (κ3) is 3.57. The number of nitrogens with zero attached hydrogens (tertiary/aromatic N) is 2. The van der Waals surface area contributed by atoms with Gasteiger partial charge in [-0.1, -0.05) is 41.0 Å². The van der Waals surface area contributed by atoms with Crippen molar-refractivity contribution in [3.63, 3.8) is 0 Å². The van der Waals surface area contributed by atoms with Gasteiger partial charge in [-0.2, -0.15) is 0 Å². The second kappa shape index (κ2) is 7.47. The minimum absolute atomic E-state index is 0.000559. The topological polar surface area (TPSA) is 57.7 Å². The lowest BCUT2D eigenvalue weighted by Gasteiger charge is -2.26. The summed E-state index contributed by atoms with van der Waals surface area (Å²) in [5.74, 6) is -0.599. The van der Waals surface area contributed by atoms with E-state index in [9.17, 15) is 14.4 Å². The Kier molecular flexibility index (Phi) is 4.99. The molecule has 0 aliphatic carbocycles. The van der Waals surface area contributed by atoms with Crippen LogP contribution in [0.2, 0.25) is 0 Å². The Morgan fingerprint density at radius 3 is 2.34 bits per heavy atom. The number of hydrogen-bond acceptors (Lipinski definition) is 3. The molecule has 1 saturated heterocycles. The molecule has 0 saturated carbocycles. The van der Waals surface area contributed by atoms with Crippen LogP contribution >= 0.6 is 0 Å². The lowest BCUT2D eigenvalue weighted by Crippen LogP contribution is -2.36. The van der Waals surface area contributed by atoms with E-state index in [0.717, 1.165) is 24.9 Å². The van der Waals surface area contributed by atoms with Gasteiger partial charge in [0.2, 0.25) is 5.91 Å². The van der Waals surface area contributed by atoms with Crippen molar-refractivity contribution in [2.45, 2.75) is 46.1 Å². The summed E-state index contributed by atoms with van der Waals surface area (Å²) in [6, 6.07) is 11.8. The van der Waals surface area contributed by atoms with Gasteiger partial charge in [0.15, 0.2) is 0 Å². The van der Waals surface area contributed by atoms with Crippen LogP contribution < -0.4 is 0 Å². The summed E-state index contributed by atoms with van der Waals surface area (Å²) in [6.45, 7) is 6.88. The molecule has 2 aromatic rings. The highest BCUT2D eigenvalue weighted by atomic mass is 16.2. The molecule has 1 unspecified atom stereocenters. The monoisotopic (exact) mass is 390 g/mol. The molecule has 5 heteroatoms. The Morgan fingerprint density at radius 2 is 1.62 bits per heavy atom. The lowest BCUT2D eigenvalue weighted by atomic mass is 9.99. The molecule has 2 aliphatic rings. The van der Waals surface area contributed by atoms with Crippen LogP contribution in [0.1, 0.15) is 68.3 Å². The number of aryl methyl sites for hydroxylation is 3. The number of carbonyl (C=O) groups is 3. The van der Waals surface area contributed by atoms with Crippen LogP contribution in [-0.4, -0.2) is 40.6 Å². The predicted octanol–water partition coefficient (Wildman–Crippen LogP) is 3.96. The maximum Gasteiger partial charge on any atom is 0.261 e. The number of carbonyl (C=O) groups excluding carboxylic acids is 3. The molecule has 2 heterocycles. The maximum absolute atomic E-state index is 13.0. The van der Waals surface area contributed by atoms with Gasteiger partial charge < -0.3 is 4.90 Å². The van der Waals surface area contributed by atoms with Gasteiger partial charge >= 0.3 is 0 Å². The van der Waals surface area contributed by atoms with Gasteiger partial charge in [-0.3, -0.25) is 19.3 Å². The van der Waals surface area contributed by atoms with Gasteiger partial charge in [0.1, 0.15) is 0 Å². The summed E-state index contributed by atoms with van der Waals surface area (Å²) in [6.07, 6.45) is 2.07. The molecule has 150 valence electrons. The van der Waals surface area contributed by atoms with E-state index in [1.54, 1.807) is 12.1 Å². The van der Waals surface area contributed by atoms with Crippen LogP contribution in [0.3, 0.4) is 0 Å². The number of imide groups is 1. The average Bonchev–Trinajstić information content (AvgIpc) is 3.24. The van der Waals surface area contributed by atoms with Gasteiger partial charge in [-0.15, -0.1) is 0 Å². The number of amides is 3. The van der Waals surface area contributed by atoms with Crippen LogP contribution in [0.15, 0.2) is 36.4 Å². The number of fused-ring (bicyclic) bond motifs is 1. The lowest BCUT2D eigenvalue weighted by molar-refractivity contribution is -0.132. The fraction of sp³-hybridized carbons (Fsp3) is 0.375. The van der Waals surface area contributed by atoms with Crippen LogP contribution in [0.5, 0.6) is 0 Å². The van der Waals surface area contributed by atoms with Crippen molar-refractivity contribution in [3.8, 4) is 0 Å². The molecule has 3 amide bonds. The van der Waals surface area contributed by atoms with Gasteiger partial charge in [-0.05, 0) is 51.3 Å². The van der Waals surface area contributed by atoms with E-state index in [1.807, 2.05) is 17.9 Å². The van der Waals surface area contributed by atoms with Crippen LogP contribution in [-0.2, 0) is 4.79 Å².